The van der Waals surface area contributed by atoms with Gasteiger partial charge in [0.1, 0.15) is 5.82 Å². The molecule has 2 aromatic carbocycles. The third-order valence-electron chi connectivity index (χ3n) is 3.13. The summed E-state index contributed by atoms with van der Waals surface area (Å²) in [5.41, 5.74) is 3.16. The fourth-order valence-corrected chi connectivity index (χ4v) is 1.88. The van der Waals surface area contributed by atoms with E-state index in [2.05, 4.69) is 15.8 Å². The van der Waals surface area contributed by atoms with Gasteiger partial charge < -0.3 is 5.32 Å². The van der Waals surface area contributed by atoms with Crippen LogP contribution >= 0.6 is 0 Å². The van der Waals surface area contributed by atoms with Crippen molar-refractivity contribution in [1.29, 1.82) is 0 Å². The van der Waals surface area contributed by atoms with Gasteiger partial charge in [-0.3, -0.25) is 9.59 Å². The molecule has 0 heterocycles. The summed E-state index contributed by atoms with van der Waals surface area (Å²) in [5.74, 6) is -2.19. The summed E-state index contributed by atoms with van der Waals surface area (Å²) in [4.78, 5) is 23.4. The van der Waals surface area contributed by atoms with Crippen LogP contribution < -0.4 is 10.7 Å². The first kappa shape index (κ1) is 16.4. The normalized spacial score (nSPS) is 11.9. The summed E-state index contributed by atoms with van der Waals surface area (Å²) >= 11 is 0. The molecular formula is C17H16FN3O2. The average molecular weight is 313 g/mol. The van der Waals surface area contributed by atoms with Crippen molar-refractivity contribution in [2.45, 2.75) is 13.0 Å². The van der Waals surface area contributed by atoms with Crippen molar-refractivity contribution < 1.29 is 14.0 Å². The van der Waals surface area contributed by atoms with E-state index < -0.39 is 17.6 Å². The van der Waals surface area contributed by atoms with Gasteiger partial charge >= 0.3 is 11.8 Å². The second kappa shape index (κ2) is 7.84. The van der Waals surface area contributed by atoms with Crippen LogP contribution in [0.15, 0.2) is 59.7 Å². The number of halogens is 1. The summed E-state index contributed by atoms with van der Waals surface area (Å²) in [6.07, 6.45) is 1.14. The van der Waals surface area contributed by atoms with Crippen molar-refractivity contribution in [2.75, 3.05) is 0 Å². The maximum atomic E-state index is 13.3. The minimum atomic E-state index is -0.916. The molecule has 118 valence electrons. The Morgan fingerprint density at radius 2 is 1.70 bits per heavy atom. The largest absolute Gasteiger partial charge is 0.341 e. The van der Waals surface area contributed by atoms with Gasteiger partial charge in [0.25, 0.3) is 0 Å². The molecule has 2 rings (SSSR count). The van der Waals surface area contributed by atoms with Crippen molar-refractivity contribution in [3.63, 3.8) is 0 Å². The molecule has 23 heavy (non-hydrogen) atoms. The highest BCUT2D eigenvalue weighted by Crippen LogP contribution is 2.10. The van der Waals surface area contributed by atoms with Gasteiger partial charge in [0.15, 0.2) is 0 Å². The Bertz CT molecular complexity index is 717. The lowest BCUT2D eigenvalue weighted by atomic mass is 10.1. The van der Waals surface area contributed by atoms with Crippen molar-refractivity contribution >= 4 is 18.0 Å². The van der Waals surface area contributed by atoms with Gasteiger partial charge in [-0.2, -0.15) is 5.10 Å². The first-order chi connectivity index (χ1) is 11.1. The molecule has 5 nitrogen and oxygen atoms in total. The lowest BCUT2D eigenvalue weighted by Gasteiger charge is -2.13. The van der Waals surface area contributed by atoms with Crippen molar-refractivity contribution in [1.82, 2.24) is 10.7 Å². The molecule has 0 saturated heterocycles. The molecule has 1 atom stereocenters. The van der Waals surface area contributed by atoms with Crippen LogP contribution in [0.1, 0.15) is 24.1 Å². The van der Waals surface area contributed by atoms with Crippen LogP contribution in [0.25, 0.3) is 0 Å². The molecule has 0 spiro atoms. The minimum Gasteiger partial charge on any atom is -0.341 e. The highest BCUT2D eigenvalue weighted by molar-refractivity contribution is 6.35. The minimum absolute atomic E-state index is 0.214. The van der Waals surface area contributed by atoms with E-state index >= 15 is 0 Å². The van der Waals surface area contributed by atoms with Gasteiger partial charge in [0.2, 0.25) is 0 Å². The maximum Gasteiger partial charge on any atom is 0.329 e. The Kier molecular flexibility index (Phi) is 5.57. The van der Waals surface area contributed by atoms with Gasteiger partial charge in [0.05, 0.1) is 12.3 Å². The van der Waals surface area contributed by atoms with E-state index in [9.17, 15) is 14.0 Å². The fourth-order valence-electron chi connectivity index (χ4n) is 1.88. The maximum absolute atomic E-state index is 13.3. The standard InChI is InChI=1S/C17H16FN3O2/c1-12(13-7-3-2-4-8-13)20-16(22)17(23)21-19-11-14-9-5-6-10-15(14)18/h2-12H,1H3,(H,20,22)(H,21,23)/b19-11-/t12-/m0/s1. The van der Waals surface area contributed by atoms with Crippen LogP contribution in [0.2, 0.25) is 0 Å². The summed E-state index contributed by atoms with van der Waals surface area (Å²) in [5, 5.41) is 6.14. The number of hydrogen-bond acceptors (Lipinski definition) is 3. The van der Waals surface area contributed by atoms with Crippen molar-refractivity contribution in [3.05, 3.63) is 71.5 Å². The van der Waals surface area contributed by atoms with Crippen LogP contribution in [0.3, 0.4) is 0 Å². The number of hydrogen-bond donors (Lipinski definition) is 2. The number of nitrogens with one attached hydrogen (secondary N) is 2. The molecule has 0 saturated carbocycles. The zero-order chi connectivity index (χ0) is 16.7. The van der Waals surface area contributed by atoms with E-state index in [1.807, 2.05) is 30.3 Å². The Balaban J connectivity index is 1.88. The summed E-state index contributed by atoms with van der Waals surface area (Å²) in [6.45, 7) is 1.77. The number of benzene rings is 2. The lowest BCUT2D eigenvalue weighted by molar-refractivity contribution is -0.139. The molecule has 0 unspecified atom stereocenters. The highest BCUT2D eigenvalue weighted by Gasteiger charge is 2.16. The van der Waals surface area contributed by atoms with Crippen LogP contribution in [0.4, 0.5) is 4.39 Å². The van der Waals surface area contributed by atoms with Crippen molar-refractivity contribution in [2.24, 2.45) is 5.10 Å². The van der Waals surface area contributed by atoms with E-state index in [1.165, 1.54) is 12.1 Å². The first-order valence-electron chi connectivity index (χ1n) is 7.01. The van der Waals surface area contributed by atoms with Crippen LogP contribution in [-0.4, -0.2) is 18.0 Å². The molecule has 0 aromatic heterocycles. The Morgan fingerprint density at radius 3 is 2.39 bits per heavy atom. The number of carbonyl (C=O) groups excluding carboxylic acids is 2. The van der Waals surface area contributed by atoms with Gasteiger partial charge in [-0.25, -0.2) is 9.82 Å². The highest BCUT2D eigenvalue weighted by atomic mass is 19.1. The van der Waals surface area contributed by atoms with Crippen LogP contribution in [-0.2, 0) is 9.59 Å². The number of rotatable bonds is 4. The third-order valence-corrected chi connectivity index (χ3v) is 3.13. The Hall–Kier alpha value is -3.02. The van der Waals surface area contributed by atoms with Gasteiger partial charge in [-0.05, 0) is 18.6 Å². The Labute approximate surface area is 133 Å². The average Bonchev–Trinajstić information content (AvgIpc) is 2.57. The fraction of sp³-hybridized carbons (Fsp3) is 0.118. The van der Waals surface area contributed by atoms with Crippen LogP contribution in [0.5, 0.6) is 0 Å². The number of nitrogens with zero attached hydrogens (tertiary/aromatic N) is 1. The molecule has 2 N–H and O–H groups in total. The summed E-state index contributed by atoms with van der Waals surface area (Å²) < 4.78 is 13.3. The van der Waals surface area contributed by atoms with E-state index in [0.29, 0.717) is 0 Å². The topological polar surface area (TPSA) is 70.6 Å². The number of amides is 2. The number of carbonyl (C=O) groups is 2. The molecule has 0 fully saturated rings. The molecule has 2 aromatic rings. The van der Waals surface area contributed by atoms with E-state index in [0.717, 1.165) is 11.8 Å². The summed E-state index contributed by atoms with van der Waals surface area (Å²) in [6, 6.07) is 14.9. The molecule has 0 bridgehead atoms. The molecule has 0 aliphatic heterocycles. The van der Waals surface area contributed by atoms with E-state index in [4.69, 9.17) is 0 Å². The Morgan fingerprint density at radius 1 is 1.04 bits per heavy atom. The zero-order valence-corrected chi connectivity index (χ0v) is 12.5. The monoisotopic (exact) mass is 313 g/mol. The molecule has 6 heteroatoms. The third kappa shape index (κ3) is 4.74. The van der Waals surface area contributed by atoms with Gasteiger partial charge in [0, 0.05) is 5.56 Å². The van der Waals surface area contributed by atoms with Gasteiger partial charge in [-0.15, -0.1) is 0 Å². The molecule has 0 aliphatic rings. The predicted molar refractivity (Wildman–Crippen MR) is 85.1 cm³/mol. The molecular weight excluding hydrogens is 297 g/mol. The second-order valence-corrected chi connectivity index (χ2v) is 4.83. The van der Waals surface area contributed by atoms with Gasteiger partial charge in [-0.1, -0.05) is 48.5 Å². The molecule has 2 amide bonds. The lowest BCUT2D eigenvalue weighted by Crippen LogP contribution is -2.39. The van der Waals surface area contributed by atoms with E-state index in [-0.39, 0.29) is 11.6 Å². The smallest absolute Gasteiger partial charge is 0.329 e. The first-order valence-corrected chi connectivity index (χ1v) is 7.01. The van der Waals surface area contributed by atoms with Crippen LogP contribution in [0, 0.1) is 5.82 Å². The summed E-state index contributed by atoms with van der Waals surface area (Å²) in [7, 11) is 0. The zero-order valence-electron chi connectivity index (χ0n) is 12.5. The predicted octanol–water partition coefficient (Wildman–Crippen LogP) is 2.15. The SMILES string of the molecule is C[C@H](NC(=O)C(=O)N/N=C\c1ccccc1F)c1ccccc1. The quantitative estimate of drug-likeness (QED) is 0.516. The molecule has 0 radical (unpaired) electrons. The van der Waals surface area contributed by atoms with Crippen molar-refractivity contribution in [3.8, 4) is 0 Å². The van der Waals surface area contributed by atoms with E-state index in [1.54, 1.807) is 19.1 Å². The number of hydrazone groups is 1. The molecule has 0 aliphatic carbocycles. The second-order valence-electron chi connectivity index (χ2n) is 4.83.